The molecule has 2 aromatic carbocycles. The Morgan fingerprint density at radius 1 is 0.974 bits per heavy atom. The van der Waals surface area contributed by atoms with Gasteiger partial charge >= 0.3 is 17.9 Å². The maximum Gasteiger partial charge on any atom is 0.359 e. The molecule has 12 heteroatoms. The zero-order valence-electron chi connectivity index (χ0n) is 21.3. The minimum atomic E-state index is -0.888. The Labute approximate surface area is 234 Å². The lowest BCUT2D eigenvalue weighted by molar-refractivity contribution is -0.0573. The number of carbonyl (C=O) groups excluding carboxylic acids is 4. The lowest BCUT2D eigenvalue weighted by Crippen LogP contribution is -2.32. The summed E-state index contributed by atoms with van der Waals surface area (Å²) in [6.45, 7) is 3.74. The van der Waals surface area contributed by atoms with Crippen LogP contribution in [0.15, 0.2) is 54.9 Å². The average molecular weight is 577 g/mol. The molecule has 0 bridgehead atoms. The largest absolute Gasteiger partial charge is 0.464 e. The van der Waals surface area contributed by atoms with E-state index in [0.29, 0.717) is 16.3 Å². The number of aldehydes is 1. The fourth-order valence-corrected chi connectivity index (χ4v) is 3.99. The molecule has 206 valence electrons. The number of methoxy groups -OCH3 is 1. The molecule has 0 aliphatic carbocycles. The first kappa shape index (κ1) is 29.8. The van der Waals surface area contributed by atoms with Crippen molar-refractivity contribution in [2.75, 3.05) is 13.7 Å². The number of carbonyl (C=O) groups is 4. The lowest BCUT2D eigenvalue weighted by Gasteiger charge is -2.19. The first-order valence-corrected chi connectivity index (χ1v) is 12.7. The molecule has 0 N–H and O–H groups in total. The number of esters is 3. The number of hydrogen-bond donors (Lipinski definition) is 0. The van der Waals surface area contributed by atoms with Crippen LogP contribution in [0.25, 0.3) is 0 Å². The van der Waals surface area contributed by atoms with E-state index in [-0.39, 0.29) is 35.5 Å². The van der Waals surface area contributed by atoms with E-state index in [1.165, 1.54) is 42.3 Å². The number of imidazole rings is 1. The molecule has 10 nitrogen and oxygen atoms in total. The van der Waals surface area contributed by atoms with E-state index in [0.717, 1.165) is 0 Å². The molecule has 1 aliphatic rings. The standard InChI is InChI=1S/C25H20Cl2N2O8.C2H6/c1-34-25(33)22-18(11-30)29(13-28-22)21-10-19(37-24(32)15-4-8-17(27)9-5-15)20(36-21)12-35-23(31)14-2-6-16(26)7-3-14;1-2/h2-9,11,13,19-21H,10,12H2,1H3;1-2H3/t19-,20?,21?;/m1./s1. The number of nitrogens with zero attached hydrogens (tertiary/aromatic N) is 2. The summed E-state index contributed by atoms with van der Waals surface area (Å²) in [5, 5.41) is 0.918. The number of hydrogen-bond acceptors (Lipinski definition) is 9. The molecular formula is C27H26Cl2N2O8. The third-order valence-corrected chi connectivity index (χ3v) is 6.11. The van der Waals surface area contributed by atoms with E-state index in [2.05, 4.69) is 9.72 Å². The van der Waals surface area contributed by atoms with Gasteiger partial charge in [-0.2, -0.15) is 0 Å². The van der Waals surface area contributed by atoms with Gasteiger partial charge in [0.25, 0.3) is 0 Å². The van der Waals surface area contributed by atoms with Crippen LogP contribution in [0.4, 0.5) is 0 Å². The second-order valence-corrected chi connectivity index (χ2v) is 8.79. The van der Waals surface area contributed by atoms with Gasteiger partial charge in [-0.15, -0.1) is 0 Å². The number of halogens is 2. The summed E-state index contributed by atoms with van der Waals surface area (Å²) < 4.78 is 23.1. The smallest absolute Gasteiger partial charge is 0.359 e. The van der Waals surface area contributed by atoms with Crippen LogP contribution in [0.5, 0.6) is 0 Å². The van der Waals surface area contributed by atoms with Crippen molar-refractivity contribution in [1.29, 1.82) is 0 Å². The summed E-state index contributed by atoms with van der Waals surface area (Å²) >= 11 is 11.8. The van der Waals surface area contributed by atoms with Crippen molar-refractivity contribution in [3.05, 3.63) is 87.4 Å². The predicted molar refractivity (Wildman–Crippen MR) is 141 cm³/mol. The van der Waals surface area contributed by atoms with E-state index in [9.17, 15) is 19.2 Å². The van der Waals surface area contributed by atoms with Gasteiger partial charge in [0.05, 0.1) is 24.6 Å². The normalized spacial score (nSPS) is 17.9. The maximum atomic E-state index is 12.8. The van der Waals surface area contributed by atoms with Gasteiger partial charge in [-0.3, -0.25) is 4.79 Å². The molecule has 1 aromatic heterocycles. The van der Waals surface area contributed by atoms with Gasteiger partial charge in [0.15, 0.2) is 12.0 Å². The highest BCUT2D eigenvalue weighted by Gasteiger charge is 2.41. The zero-order valence-corrected chi connectivity index (χ0v) is 22.8. The van der Waals surface area contributed by atoms with Crippen molar-refractivity contribution in [3.63, 3.8) is 0 Å². The predicted octanol–water partition coefficient (Wildman–Crippen LogP) is 5.19. The van der Waals surface area contributed by atoms with Crippen LogP contribution in [0, 0.1) is 0 Å². The third kappa shape index (κ3) is 7.23. The Morgan fingerprint density at radius 2 is 1.54 bits per heavy atom. The third-order valence-electron chi connectivity index (χ3n) is 5.61. The summed E-state index contributed by atoms with van der Waals surface area (Å²) in [4.78, 5) is 52.9. The van der Waals surface area contributed by atoms with Crippen molar-refractivity contribution >= 4 is 47.4 Å². The van der Waals surface area contributed by atoms with Gasteiger partial charge in [0.2, 0.25) is 0 Å². The highest BCUT2D eigenvalue weighted by molar-refractivity contribution is 6.31. The van der Waals surface area contributed by atoms with Gasteiger partial charge in [-0.05, 0) is 48.5 Å². The monoisotopic (exact) mass is 576 g/mol. The second-order valence-electron chi connectivity index (χ2n) is 7.92. The molecule has 1 fully saturated rings. The molecule has 0 spiro atoms. The molecule has 1 aliphatic heterocycles. The topological polar surface area (TPSA) is 123 Å². The molecule has 0 amide bonds. The Bertz CT molecular complexity index is 1310. The first-order chi connectivity index (χ1) is 18.8. The molecule has 3 aromatic rings. The lowest BCUT2D eigenvalue weighted by atomic mass is 10.1. The molecule has 4 rings (SSSR count). The highest BCUT2D eigenvalue weighted by Crippen LogP contribution is 2.33. The fourth-order valence-electron chi connectivity index (χ4n) is 3.73. The Morgan fingerprint density at radius 3 is 2.08 bits per heavy atom. The number of rotatable bonds is 8. The first-order valence-electron chi connectivity index (χ1n) is 12.0. The summed E-state index contributed by atoms with van der Waals surface area (Å²) in [5.41, 5.74) is 0.273. The van der Waals surface area contributed by atoms with Crippen LogP contribution >= 0.6 is 23.2 Å². The number of aromatic nitrogens is 2. The molecule has 3 atom stereocenters. The molecule has 2 unspecified atom stereocenters. The van der Waals surface area contributed by atoms with Crippen molar-refractivity contribution in [1.82, 2.24) is 9.55 Å². The van der Waals surface area contributed by atoms with Crippen LogP contribution < -0.4 is 0 Å². The summed E-state index contributed by atoms with van der Waals surface area (Å²) in [7, 11) is 1.17. The van der Waals surface area contributed by atoms with Crippen LogP contribution in [-0.4, -0.2) is 59.7 Å². The molecular weight excluding hydrogens is 551 g/mol. The van der Waals surface area contributed by atoms with Gasteiger partial charge in [-0.1, -0.05) is 37.0 Å². The van der Waals surface area contributed by atoms with Gasteiger partial charge in [0.1, 0.15) is 30.7 Å². The van der Waals surface area contributed by atoms with E-state index < -0.39 is 36.3 Å². The van der Waals surface area contributed by atoms with Crippen molar-refractivity contribution in [2.24, 2.45) is 0 Å². The fraction of sp³-hybridized carbons (Fsp3) is 0.296. The molecule has 39 heavy (non-hydrogen) atoms. The minimum Gasteiger partial charge on any atom is -0.464 e. The van der Waals surface area contributed by atoms with Crippen molar-refractivity contribution in [2.45, 2.75) is 38.7 Å². The summed E-state index contributed by atoms with van der Waals surface area (Å²) in [6, 6.07) is 12.2. The quantitative estimate of drug-likeness (QED) is 0.202. The molecule has 0 radical (unpaired) electrons. The molecule has 1 saturated heterocycles. The Hall–Kier alpha value is -3.73. The Balaban J connectivity index is 0.00000205. The highest BCUT2D eigenvalue weighted by atomic mass is 35.5. The zero-order chi connectivity index (χ0) is 28.5. The van der Waals surface area contributed by atoms with Crippen LogP contribution in [0.2, 0.25) is 10.0 Å². The Kier molecular flexibility index (Phi) is 10.6. The van der Waals surface area contributed by atoms with Gasteiger partial charge in [-0.25, -0.2) is 19.4 Å². The minimum absolute atomic E-state index is 0.0709. The maximum absolute atomic E-state index is 12.8. The second kappa shape index (κ2) is 13.9. The van der Waals surface area contributed by atoms with E-state index in [1.54, 1.807) is 24.3 Å². The average Bonchev–Trinajstić information content (AvgIpc) is 3.56. The summed E-state index contributed by atoms with van der Waals surface area (Å²) in [5.74, 6) is -2.06. The van der Waals surface area contributed by atoms with Crippen LogP contribution in [-0.2, 0) is 18.9 Å². The SMILES string of the molecule is CC.COC(=O)c1ncn(C2C[C@@H](OC(=O)c3ccc(Cl)cc3)C(COC(=O)c3ccc(Cl)cc3)O2)c1C=O. The van der Waals surface area contributed by atoms with Crippen molar-refractivity contribution < 1.29 is 38.1 Å². The van der Waals surface area contributed by atoms with Gasteiger partial charge < -0.3 is 23.5 Å². The molecule has 2 heterocycles. The summed E-state index contributed by atoms with van der Waals surface area (Å²) in [6.07, 6.45) is -0.823. The van der Waals surface area contributed by atoms with Crippen LogP contribution in [0.1, 0.15) is 68.2 Å². The number of ether oxygens (including phenoxy) is 4. The van der Waals surface area contributed by atoms with E-state index in [4.69, 9.17) is 37.4 Å². The van der Waals surface area contributed by atoms with E-state index in [1.807, 2.05) is 13.8 Å². The molecule has 0 saturated carbocycles. The number of benzene rings is 2. The van der Waals surface area contributed by atoms with E-state index >= 15 is 0 Å². The van der Waals surface area contributed by atoms with Gasteiger partial charge in [0, 0.05) is 16.5 Å². The van der Waals surface area contributed by atoms with Crippen LogP contribution in [0.3, 0.4) is 0 Å². The van der Waals surface area contributed by atoms with Crippen molar-refractivity contribution in [3.8, 4) is 0 Å².